The average Bonchev–Trinajstić information content (AvgIpc) is 3.11. The van der Waals surface area contributed by atoms with Crippen LogP contribution in [0.25, 0.3) is 11.5 Å². The van der Waals surface area contributed by atoms with E-state index in [1.165, 1.54) is 0 Å². The molecule has 0 bridgehead atoms. The third kappa shape index (κ3) is 6.57. The minimum Gasteiger partial charge on any atom is -0.493 e. The summed E-state index contributed by atoms with van der Waals surface area (Å²) in [4.78, 5) is 0. The van der Waals surface area contributed by atoms with E-state index in [2.05, 4.69) is 37.9 Å². The zero-order valence-corrected chi connectivity index (χ0v) is 17.9. The highest BCUT2D eigenvalue weighted by Crippen LogP contribution is 2.25. The van der Waals surface area contributed by atoms with E-state index in [9.17, 15) is 8.42 Å². The van der Waals surface area contributed by atoms with Crippen molar-refractivity contribution in [2.24, 2.45) is 16.6 Å². The fourth-order valence-corrected chi connectivity index (χ4v) is 2.57. The molecular weight excluding hydrogens is 382 g/mol. The van der Waals surface area contributed by atoms with Gasteiger partial charge in [-0.15, -0.1) is 5.10 Å². The summed E-state index contributed by atoms with van der Waals surface area (Å²) >= 11 is 0. The molecule has 0 amide bonds. The topological polar surface area (TPSA) is 118 Å². The molecule has 2 aromatic rings. The Bertz CT molecular complexity index is 873. The van der Waals surface area contributed by atoms with Gasteiger partial charge in [0.2, 0.25) is 15.7 Å². The predicted octanol–water partition coefficient (Wildman–Crippen LogP) is 2.55. The molecule has 0 aliphatic rings. The van der Waals surface area contributed by atoms with Crippen LogP contribution < -0.4 is 10.5 Å². The molecule has 0 atom stereocenters. The van der Waals surface area contributed by atoms with Crippen LogP contribution in [-0.2, 0) is 14.6 Å². The van der Waals surface area contributed by atoms with Crippen molar-refractivity contribution in [3.63, 3.8) is 0 Å². The molecule has 0 fully saturated rings. The molecule has 1 aromatic carbocycles. The summed E-state index contributed by atoms with van der Waals surface area (Å²) < 4.78 is 39.7. The van der Waals surface area contributed by atoms with E-state index in [-0.39, 0.29) is 16.7 Å². The summed E-state index contributed by atoms with van der Waals surface area (Å²) in [6.07, 6.45) is 1.02. The fraction of sp³-hybridized carbons (Fsp3) is 0.579. The van der Waals surface area contributed by atoms with Gasteiger partial charge >= 0.3 is 5.22 Å². The summed E-state index contributed by atoms with van der Waals surface area (Å²) in [5.74, 6) is 0.824. The maximum atomic E-state index is 11.4. The Kier molecular flexibility index (Phi) is 6.84. The smallest absolute Gasteiger partial charge is 0.335 e. The number of rotatable bonds is 10. The second-order valence-electron chi connectivity index (χ2n) is 8.48. The van der Waals surface area contributed by atoms with Crippen molar-refractivity contribution in [3.8, 4) is 17.2 Å². The van der Waals surface area contributed by atoms with E-state index in [4.69, 9.17) is 19.6 Å². The standard InChI is InChI=1S/C19H29N3O5S/c1-18(2,10-20)11-25-12-19(3,4)13-26-15-8-6-14(7-9-15)16-21-22-17(27-16)28(5,23)24/h6-9H,10-13,20H2,1-5H3. The van der Waals surface area contributed by atoms with E-state index in [1.54, 1.807) is 24.3 Å². The van der Waals surface area contributed by atoms with Crippen molar-refractivity contribution in [3.05, 3.63) is 24.3 Å². The second kappa shape index (κ2) is 8.59. The largest absolute Gasteiger partial charge is 0.493 e. The summed E-state index contributed by atoms with van der Waals surface area (Å²) in [5.41, 5.74) is 6.12. The molecule has 1 heterocycles. The minimum atomic E-state index is -3.53. The summed E-state index contributed by atoms with van der Waals surface area (Å²) in [5, 5.41) is 6.91. The number of ether oxygens (including phenoxy) is 2. The van der Waals surface area contributed by atoms with Crippen LogP contribution in [-0.4, -0.2) is 51.2 Å². The number of sulfone groups is 1. The molecule has 2 N–H and O–H groups in total. The van der Waals surface area contributed by atoms with Crippen LogP contribution in [0, 0.1) is 10.8 Å². The third-order valence-electron chi connectivity index (χ3n) is 3.99. The summed E-state index contributed by atoms with van der Waals surface area (Å²) in [6, 6.07) is 7.02. The highest BCUT2D eigenvalue weighted by atomic mass is 32.2. The molecule has 9 heteroatoms. The Morgan fingerprint density at radius 1 is 1.00 bits per heavy atom. The van der Waals surface area contributed by atoms with E-state index in [1.807, 2.05) is 0 Å². The highest BCUT2D eigenvalue weighted by Gasteiger charge is 2.23. The molecule has 0 radical (unpaired) electrons. The van der Waals surface area contributed by atoms with Gasteiger partial charge in [-0.3, -0.25) is 0 Å². The van der Waals surface area contributed by atoms with E-state index in [0.29, 0.717) is 37.7 Å². The van der Waals surface area contributed by atoms with Gasteiger partial charge < -0.3 is 19.6 Å². The van der Waals surface area contributed by atoms with E-state index < -0.39 is 15.1 Å². The van der Waals surface area contributed by atoms with Crippen LogP contribution in [0.3, 0.4) is 0 Å². The molecule has 156 valence electrons. The van der Waals surface area contributed by atoms with Gasteiger partial charge in [0.1, 0.15) is 5.75 Å². The van der Waals surface area contributed by atoms with Crippen molar-refractivity contribution in [2.75, 3.05) is 32.6 Å². The summed E-state index contributed by atoms with van der Waals surface area (Å²) in [6.45, 7) is 10.5. The SMILES string of the molecule is CC(C)(CN)COCC(C)(C)COc1ccc(-c2nnc(S(C)(=O)=O)o2)cc1. The number of aromatic nitrogens is 2. The van der Waals surface area contributed by atoms with Crippen LogP contribution >= 0.6 is 0 Å². The Hall–Kier alpha value is -1.97. The Morgan fingerprint density at radius 3 is 2.14 bits per heavy atom. The first kappa shape index (κ1) is 22.3. The van der Waals surface area contributed by atoms with Crippen molar-refractivity contribution in [2.45, 2.75) is 32.9 Å². The molecular formula is C19H29N3O5S. The molecule has 0 saturated carbocycles. The molecule has 0 unspecified atom stereocenters. The van der Waals surface area contributed by atoms with Gasteiger partial charge in [-0.2, -0.15) is 0 Å². The number of hydrogen-bond donors (Lipinski definition) is 1. The monoisotopic (exact) mass is 411 g/mol. The van der Waals surface area contributed by atoms with Gasteiger partial charge in [-0.05, 0) is 30.8 Å². The Balaban J connectivity index is 1.91. The van der Waals surface area contributed by atoms with Crippen LogP contribution in [0.15, 0.2) is 33.9 Å². The molecule has 0 aliphatic heterocycles. The van der Waals surface area contributed by atoms with Crippen molar-refractivity contribution >= 4 is 9.84 Å². The molecule has 0 spiro atoms. The molecule has 28 heavy (non-hydrogen) atoms. The van der Waals surface area contributed by atoms with Gasteiger partial charge in [-0.1, -0.05) is 32.8 Å². The normalized spacial score (nSPS) is 12.9. The first-order valence-electron chi connectivity index (χ1n) is 8.97. The fourth-order valence-electron chi connectivity index (χ4n) is 2.15. The first-order valence-corrected chi connectivity index (χ1v) is 10.9. The van der Waals surface area contributed by atoms with Crippen molar-refractivity contribution < 1.29 is 22.3 Å². The Labute approximate surface area is 166 Å². The maximum Gasteiger partial charge on any atom is 0.335 e. The third-order valence-corrected chi connectivity index (χ3v) is 4.79. The summed E-state index contributed by atoms with van der Waals surface area (Å²) in [7, 11) is -3.53. The number of hydrogen-bond acceptors (Lipinski definition) is 8. The number of nitrogens with zero attached hydrogens (tertiary/aromatic N) is 2. The zero-order valence-electron chi connectivity index (χ0n) is 17.1. The molecule has 0 aliphatic carbocycles. The lowest BCUT2D eigenvalue weighted by atomic mass is 9.94. The van der Waals surface area contributed by atoms with Crippen LogP contribution in [0.4, 0.5) is 0 Å². The van der Waals surface area contributed by atoms with Crippen LogP contribution in [0.2, 0.25) is 0 Å². The quantitative estimate of drug-likeness (QED) is 0.634. The minimum absolute atomic E-state index is 0.0432. The van der Waals surface area contributed by atoms with Crippen molar-refractivity contribution in [1.82, 2.24) is 10.2 Å². The van der Waals surface area contributed by atoms with E-state index in [0.717, 1.165) is 6.26 Å². The predicted molar refractivity (Wildman–Crippen MR) is 106 cm³/mol. The van der Waals surface area contributed by atoms with Gasteiger partial charge in [0, 0.05) is 22.6 Å². The molecule has 0 saturated heterocycles. The first-order chi connectivity index (χ1) is 12.9. The van der Waals surface area contributed by atoms with Gasteiger partial charge in [0.05, 0.1) is 19.8 Å². The second-order valence-corrected chi connectivity index (χ2v) is 10.4. The average molecular weight is 412 g/mol. The zero-order chi connectivity index (χ0) is 21.0. The van der Waals surface area contributed by atoms with Gasteiger partial charge in [0.15, 0.2) is 0 Å². The highest BCUT2D eigenvalue weighted by molar-refractivity contribution is 7.90. The van der Waals surface area contributed by atoms with Gasteiger partial charge in [-0.25, -0.2) is 8.42 Å². The van der Waals surface area contributed by atoms with Gasteiger partial charge in [0.25, 0.3) is 0 Å². The number of benzene rings is 1. The lowest BCUT2D eigenvalue weighted by Crippen LogP contribution is -2.33. The number of nitrogens with two attached hydrogens (primary N) is 1. The Morgan fingerprint density at radius 2 is 1.61 bits per heavy atom. The lowest BCUT2D eigenvalue weighted by molar-refractivity contribution is 0.00104. The van der Waals surface area contributed by atoms with Crippen molar-refractivity contribution in [1.29, 1.82) is 0 Å². The maximum absolute atomic E-state index is 11.4. The van der Waals surface area contributed by atoms with E-state index >= 15 is 0 Å². The van der Waals surface area contributed by atoms with Crippen LogP contribution in [0.5, 0.6) is 5.75 Å². The molecule has 2 rings (SSSR count). The lowest BCUT2D eigenvalue weighted by Gasteiger charge is -2.28. The molecule has 1 aromatic heterocycles. The molecule has 8 nitrogen and oxygen atoms in total. The van der Waals surface area contributed by atoms with Crippen LogP contribution in [0.1, 0.15) is 27.7 Å².